The molecule has 0 atom stereocenters. The number of ether oxygens (including phenoxy) is 1. The van der Waals surface area contributed by atoms with Crippen molar-refractivity contribution < 1.29 is 13.9 Å². The van der Waals surface area contributed by atoms with E-state index in [0.717, 1.165) is 11.6 Å². The fourth-order valence-electron chi connectivity index (χ4n) is 1.63. The first-order chi connectivity index (χ1) is 9.51. The Morgan fingerprint density at radius 3 is 2.75 bits per heavy atom. The maximum atomic E-state index is 12.7. The monoisotopic (exact) mass is 294 g/mol. The van der Waals surface area contributed by atoms with Crippen molar-refractivity contribution in [3.8, 4) is 5.75 Å². The van der Waals surface area contributed by atoms with Gasteiger partial charge in [-0.2, -0.15) is 4.39 Å². The second kappa shape index (κ2) is 5.88. The SMILES string of the molecule is COc1cc(Cl)c(C)cc1NC(=O)c1ccc(F)nc1. The molecule has 2 aromatic rings. The Bertz CT molecular complexity index is 644. The van der Waals surface area contributed by atoms with E-state index in [0.29, 0.717) is 16.5 Å². The van der Waals surface area contributed by atoms with Crippen molar-refractivity contribution in [1.29, 1.82) is 0 Å². The van der Waals surface area contributed by atoms with Crippen molar-refractivity contribution in [3.63, 3.8) is 0 Å². The molecule has 0 aliphatic heterocycles. The number of amides is 1. The molecule has 0 spiro atoms. The van der Waals surface area contributed by atoms with Crippen molar-refractivity contribution >= 4 is 23.2 Å². The minimum absolute atomic E-state index is 0.251. The van der Waals surface area contributed by atoms with E-state index in [1.165, 1.54) is 19.4 Å². The van der Waals surface area contributed by atoms with E-state index < -0.39 is 11.9 Å². The smallest absolute Gasteiger partial charge is 0.257 e. The van der Waals surface area contributed by atoms with Gasteiger partial charge in [0.05, 0.1) is 18.4 Å². The fraction of sp³-hybridized carbons (Fsp3) is 0.143. The summed E-state index contributed by atoms with van der Waals surface area (Å²) in [4.78, 5) is 15.5. The minimum atomic E-state index is -0.638. The van der Waals surface area contributed by atoms with Gasteiger partial charge in [0, 0.05) is 17.3 Å². The van der Waals surface area contributed by atoms with Gasteiger partial charge >= 0.3 is 0 Å². The fourth-order valence-corrected chi connectivity index (χ4v) is 1.79. The van der Waals surface area contributed by atoms with Crippen LogP contribution in [0, 0.1) is 12.9 Å². The van der Waals surface area contributed by atoms with Gasteiger partial charge in [0.1, 0.15) is 5.75 Å². The average molecular weight is 295 g/mol. The lowest BCUT2D eigenvalue weighted by Gasteiger charge is -2.12. The Morgan fingerprint density at radius 2 is 2.15 bits per heavy atom. The summed E-state index contributed by atoms with van der Waals surface area (Å²) in [5.41, 5.74) is 1.55. The van der Waals surface area contributed by atoms with Gasteiger partial charge < -0.3 is 10.1 Å². The molecule has 1 aromatic carbocycles. The first kappa shape index (κ1) is 14.3. The Hall–Kier alpha value is -2.14. The highest BCUT2D eigenvalue weighted by Gasteiger charge is 2.12. The number of nitrogens with zero attached hydrogens (tertiary/aromatic N) is 1. The molecule has 20 heavy (non-hydrogen) atoms. The van der Waals surface area contributed by atoms with Crippen LogP contribution < -0.4 is 10.1 Å². The zero-order chi connectivity index (χ0) is 14.7. The van der Waals surface area contributed by atoms with Gasteiger partial charge in [0.15, 0.2) is 0 Å². The summed E-state index contributed by atoms with van der Waals surface area (Å²) in [5, 5.41) is 3.22. The van der Waals surface area contributed by atoms with Gasteiger partial charge in [0.2, 0.25) is 5.95 Å². The van der Waals surface area contributed by atoms with Crippen LogP contribution in [-0.2, 0) is 0 Å². The molecule has 0 saturated carbocycles. The molecule has 0 aliphatic carbocycles. The van der Waals surface area contributed by atoms with Crippen LogP contribution in [0.3, 0.4) is 0 Å². The quantitative estimate of drug-likeness (QED) is 0.882. The van der Waals surface area contributed by atoms with Crippen LogP contribution in [0.2, 0.25) is 5.02 Å². The van der Waals surface area contributed by atoms with Crippen molar-refractivity contribution in [3.05, 3.63) is 52.6 Å². The van der Waals surface area contributed by atoms with Crippen molar-refractivity contribution in [1.82, 2.24) is 4.98 Å². The normalized spacial score (nSPS) is 10.2. The molecule has 1 N–H and O–H groups in total. The van der Waals surface area contributed by atoms with Crippen LogP contribution in [0.1, 0.15) is 15.9 Å². The molecule has 4 nitrogen and oxygen atoms in total. The van der Waals surface area contributed by atoms with Gasteiger partial charge in [-0.25, -0.2) is 4.98 Å². The Labute approximate surface area is 120 Å². The van der Waals surface area contributed by atoms with E-state index in [2.05, 4.69) is 10.3 Å². The predicted molar refractivity (Wildman–Crippen MR) is 74.9 cm³/mol. The van der Waals surface area contributed by atoms with E-state index in [1.807, 2.05) is 6.92 Å². The van der Waals surface area contributed by atoms with Gasteiger partial charge in [-0.15, -0.1) is 0 Å². The lowest BCUT2D eigenvalue weighted by Crippen LogP contribution is -2.13. The van der Waals surface area contributed by atoms with Gasteiger partial charge in [-0.05, 0) is 30.7 Å². The molecule has 6 heteroatoms. The van der Waals surface area contributed by atoms with E-state index in [4.69, 9.17) is 16.3 Å². The second-order valence-electron chi connectivity index (χ2n) is 4.13. The molecule has 0 unspecified atom stereocenters. The summed E-state index contributed by atoms with van der Waals surface area (Å²) in [6.07, 6.45) is 1.17. The number of pyridine rings is 1. The molecule has 1 aromatic heterocycles. The number of nitrogens with one attached hydrogen (secondary N) is 1. The van der Waals surface area contributed by atoms with Gasteiger partial charge in [0.25, 0.3) is 5.91 Å². The van der Waals surface area contributed by atoms with Crippen molar-refractivity contribution in [2.45, 2.75) is 6.92 Å². The molecule has 0 bridgehead atoms. The number of hydrogen-bond donors (Lipinski definition) is 1. The van der Waals surface area contributed by atoms with E-state index >= 15 is 0 Å². The van der Waals surface area contributed by atoms with Crippen LogP contribution in [0.4, 0.5) is 10.1 Å². The minimum Gasteiger partial charge on any atom is -0.495 e. The lowest BCUT2D eigenvalue weighted by molar-refractivity contribution is 0.102. The highest BCUT2D eigenvalue weighted by atomic mass is 35.5. The number of halogens is 2. The Balaban J connectivity index is 2.27. The topological polar surface area (TPSA) is 51.2 Å². The zero-order valence-electron chi connectivity index (χ0n) is 10.9. The van der Waals surface area contributed by atoms with Crippen LogP contribution in [-0.4, -0.2) is 18.0 Å². The molecule has 0 fully saturated rings. The summed E-state index contributed by atoms with van der Waals surface area (Å²) in [6, 6.07) is 5.80. The van der Waals surface area contributed by atoms with E-state index in [1.54, 1.807) is 12.1 Å². The summed E-state index contributed by atoms with van der Waals surface area (Å²) in [7, 11) is 1.48. The standard InChI is InChI=1S/C14H12ClFN2O2/c1-8-5-11(12(20-2)6-10(8)15)18-14(19)9-3-4-13(16)17-7-9/h3-7H,1-2H3,(H,18,19). The molecule has 0 saturated heterocycles. The number of methoxy groups -OCH3 is 1. The van der Waals surface area contributed by atoms with Crippen molar-refractivity contribution in [2.75, 3.05) is 12.4 Å². The maximum Gasteiger partial charge on any atom is 0.257 e. The van der Waals surface area contributed by atoms with E-state index in [9.17, 15) is 9.18 Å². The third-order valence-electron chi connectivity index (χ3n) is 2.72. The number of rotatable bonds is 3. The van der Waals surface area contributed by atoms with Crippen LogP contribution in [0.5, 0.6) is 5.75 Å². The molecule has 1 heterocycles. The second-order valence-corrected chi connectivity index (χ2v) is 4.53. The number of hydrogen-bond acceptors (Lipinski definition) is 3. The maximum absolute atomic E-state index is 12.7. The highest BCUT2D eigenvalue weighted by molar-refractivity contribution is 6.31. The predicted octanol–water partition coefficient (Wildman–Crippen LogP) is 3.44. The van der Waals surface area contributed by atoms with E-state index in [-0.39, 0.29) is 5.56 Å². The number of aromatic nitrogens is 1. The first-order valence-electron chi connectivity index (χ1n) is 5.78. The molecule has 104 valence electrons. The Morgan fingerprint density at radius 1 is 1.40 bits per heavy atom. The molecular weight excluding hydrogens is 283 g/mol. The summed E-state index contributed by atoms with van der Waals surface area (Å²) in [6.45, 7) is 1.82. The number of anilines is 1. The molecule has 1 amide bonds. The Kier molecular flexibility index (Phi) is 4.20. The molecule has 0 radical (unpaired) electrons. The molecule has 2 rings (SSSR count). The number of aryl methyl sites for hydroxylation is 1. The third kappa shape index (κ3) is 3.05. The highest BCUT2D eigenvalue weighted by Crippen LogP contribution is 2.31. The summed E-state index contributed by atoms with van der Waals surface area (Å²) in [5.74, 6) is -0.594. The molecule has 0 aliphatic rings. The molecular formula is C14H12ClFN2O2. The summed E-state index contributed by atoms with van der Waals surface area (Å²) >= 11 is 5.99. The van der Waals surface area contributed by atoms with Crippen LogP contribution in [0.25, 0.3) is 0 Å². The number of benzene rings is 1. The third-order valence-corrected chi connectivity index (χ3v) is 3.13. The van der Waals surface area contributed by atoms with Crippen molar-refractivity contribution in [2.24, 2.45) is 0 Å². The van der Waals surface area contributed by atoms with Crippen LogP contribution >= 0.6 is 11.6 Å². The van der Waals surface area contributed by atoms with Gasteiger partial charge in [-0.1, -0.05) is 11.6 Å². The number of carbonyl (C=O) groups excluding carboxylic acids is 1. The zero-order valence-corrected chi connectivity index (χ0v) is 11.7. The average Bonchev–Trinajstić information content (AvgIpc) is 2.43. The first-order valence-corrected chi connectivity index (χ1v) is 6.16. The number of carbonyl (C=O) groups is 1. The summed E-state index contributed by atoms with van der Waals surface area (Å²) < 4.78 is 17.9. The lowest BCUT2D eigenvalue weighted by atomic mass is 10.2. The van der Waals surface area contributed by atoms with Crippen LogP contribution in [0.15, 0.2) is 30.5 Å². The van der Waals surface area contributed by atoms with Gasteiger partial charge in [-0.3, -0.25) is 4.79 Å². The largest absolute Gasteiger partial charge is 0.495 e.